The van der Waals surface area contributed by atoms with Crippen LogP contribution in [0.2, 0.25) is 0 Å². The van der Waals surface area contributed by atoms with Crippen molar-refractivity contribution in [2.45, 2.75) is 37.3 Å². The summed E-state index contributed by atoms with van der Waals surface area (Å²) < 4.78 is 12.0. The van der Waals surface area contributed by atoms with Gasteiger partial charge >= 0.3 is 6.09 Å². The summed E-state index contributed by atoms with van der Waals surface area (Å²) in [6, 6.07) is 22.2. The van der Waals surface area contributed by atoms with Crippen molar-refractivity contribution in [1.82, 2.24) is 4.90 Å². The molecular formula is C28H27NO4. The molecular weight excluding hydrogens is 414 g/mol. The summed E-state index contributed by atoms with van der Waals surface area (Å²) in [6.07, 6.45) is 1.89. The van der Waals surface area contributed by atoms with Crippen molar-refractivity contribution in [3.63, 3.8) is 0 Å². The van der Waals surface area contributed by atoms with Crippen LogP contribution in [0.5, 0.6) is 5.75 Å². The maximum atomic E-state index is 13.3. The van der Waals surface area contributed by atoms with Crippen LogP contribution in [0.15, 0.2) is 66.7 Å². The third-order valence-corrected chi connectivity index (χ3v) is 7.35. The van der Waals surface area contributed by atoms with Gasteiger partial charge in [-0.15, -0.1) is 0 Å². The molecule has 3 aromatic rings. The van der Waals surface area contributed by atoms with Crippen molar-refractivity contribution in [3.8, 4) is 16.9 Å². The molecule has 3 aromatic carbocycles. The highest BCUT2D eigenvalue weighted by Crippen LogP contribution is 2.45. The Labute approximate surface area is 193 Å². The van der Waals surface area contributed by atoms with E-state index >= 15 is 0 Å². The molecule has 168 valence electrons. The number of likely N-dealkylation sites (tertiary alicyclic amines) is 1. The fraction of sp³-hybridized carbons (Fsp3) is 0.321. The Morgan fingerprint density at radius 1 is 1.00 bits per heavy atom. The predicted molar refractivity (Wildman–Crippen MR) is 125 cm³/mol. The van der Waals surface area contributed by atoms with Crippen LogP contribution in [0.1, 0.15) is 47.1 Å². The lowest BCUT2D eigenvalue weighted by Gasteiger charge is -2.35. The first kappa shape index (κ1) is 20.3. The van der Waals surface area contributed by atoms with Crippen molar-refractivity contribution < 1.29 is 19.4 Å². The Morgan fingerprint density at radius 2 is 1.73 bits per heavy atom. The van der Waals surface area contributed by atoms with E-state index in [0.717, 1.165) is 30.4 Å². The summed E-state index contributed by atoms with van der Waals surface area (Å²) >= 11 is 0. The number of nitrogens with zero attached hydrogens (tertiary/aromatic N) is 1. The lowest BCUT2D eigenvalue weighted by molar-refractivity contribution is -0.0139. The molecule has 1 amide bonds. The molecule has 2 atom stereocenters. The van der Waals surface area contributed by atoms with Gasteiger partial charge in [0.15, 0.2) is 0 Å². The number of carbonyl (C=O) groups is 1. The molecule has 2 aliphatic heterocycles. The SMILES string of the molecule is O=C(OCC1c2ccccc2-c2ccccc21)N1CCC[C@H]1[C@H]1OCCc2cccc(O)c21. The van der Waals surface area contributed by atoms with Crippen LogP contribution in [-0.2, 0) is 15.9 Å². The van der Waals surface area contributed by atoms with E-state index in [1.54, 1.807) is 11.0 Å². The van der Waals surface area contributed by atoms with Crippen LogP contribution in [-0.4, -0.2) is 41.9 Å². The number of fused-ring (bicyclic) bond motifs is 4. The number of ether oxygens (including phenoxy) is 2. The number of rotatable bonds is 3. The minimum Gasteiger partial charge on any atom is -0.508 e. The van der Waals surface area contributed by atoms with Crippen molar-refractivity contribution in [1.29, 1.82) is 0 Å². The van der Waals surface area contributed by atoms with E-state index in [2.05, 4.69) is 36.4 Å². The third-order valence-electron chi connectivity index (χ3n) is 7.35. The summed E-state index contributed by atoms with van der Waals surface area (Å²) in [6.45, 7) is 1.55. The molecule has 1 aliphatic carbocycles. The second kappa shape index (κ2) is 8.23. The maximum absolute atomic E-state index is 13.3. The highest BCUT2D eigenvalue weighted by atomic mass is 16.6. The second-order valence-corrected chi connectivity index (χ2v) is 9.10. The normalized spacial score (nSPS) is 21.4. The number of benzene rings is 3. The van der Waals surface area contributed by atoms with Crippen LogP contribution in [0.4, 0.5) is 4.79 Å². The summed E-state index contributed by atoms with van der Waals surface area (Å²) in [5.74, 6) is 0.287. The van der Waals surface area contributed by atoms with E-state index in [1.165, 1.54) is 22.3 Å². The highest BCUT2D eigenvalue weighted by Gasteiger charge is 2.41. The van der Waals surface area contributed by atoms with Crippen LogP contribution < -0.4 is 0 Å². The molecule has 0 spiro atoms. The van der Waals surface area contributed by atoms with Gasteiger partial charge in [-0.05, 0) is 53.1 Å². The van der Waals surface area contributed by atoms with Crippen molar-refractivity contribution >= 4 is 6.09 Å². The third kappa shape index (κ3) is 3.39. The van der Waals surface area contributed by atoms with E-state index in [9.17, 15) is 9.90 Å². The predicted octanol–water partition coefficient (Wildman–Crippen LogP) is 5.42. The zero-order chi connectivity index (χ0) is 22.4. The van der Waals surface area contributed by atoms with Gasteiger partial charge in [0.1, 0.15) is 18.5 Å². The van der Waals surface area contributed by atoms with Gasteiger partial charge in [0.05, 0.1) is 12.6 Å². The van der Waals surface area contributed by atoms with Gasteiger partial charge in [-0.2, -0.15) is 0 Å². The number of aromatic hydroxyl groups is 1. The number of carbonyl (C=O) groups excluding carboxylic acids is 1. The summed E-state index contributed by atoms with van der Waals surface area (Å²) in [5.41, 5.74) is 6.78. The summed E-state index contributed by atoms with van der Waals surface area (Å²) in [5, 5.41) is 10.5. The molecule has 33 heavy (non-hydrogen) atoms. The number of phenols is 1. The Balaban J connectivity index is 1.22. The molecule has 5 heteroatoms. The molecule has 0 bridgehead atoms. The van der Waals surface area contributed by atoms with Gasteiger partial charge in [0.25, 0.3) is 0 Å². The van der Waals surface area contributed by atoms with Crippen molar-refractivity contribution in [2.24, 2.45) is 0 Å². The summed E-state index contributed by atoms with van der Waals surface area (Å²) in [7, 11) is 0. The van der Waals surface area contributed by atoms with E-state index < -0.39 is 0 Å². The standard InChI is InChI=1S/C28H27NO4/c30-25-13-5-7-18-14-16-32-27(26(18)25)24-12-6-15-29(24)28(31)33-17-23-21-10-3-1-8-19(21)20-9-2-4-11-22(20)23/h1-5,7-11,13,23-24,27,30H,6,12,14-17H2/t24-,27+/m0/s1. The van der Waals surface area contributed by atoms with Crippen LogP contribution >= 0.6 is 0 Å². The fourth-order valence-electron chi connectivity index (χ4n) is 5.84. The molecule has 0 radical (unpaired) electrons. The molecule has 1 fully saturated rings. The second-order valence-electron chi connectivity index (χ2n) is 9.10. The van der Waals surface area contributed by atoms with Gasteiger partial charge in [-0.25, -0.2) is 4.79 Å². The topological polar surface area (TPSA) is 59.0 Å². The van der Waals surface area contributed by atoms with Crippen molar-refractivity contribution in [3.05, 3.63) is 89.0 Å². The molecule has 1 saturated heterocycles. The molecule has 0 saturated carbocycles. The van der Waals surface area contributed by atoms with E-state index in [1.807, 2.05) is 24.3 Å². The molecule has 3 aliphatic rings. The van der Waals surface area contributed by atoms with E-state index in [4.69, 9.17) is 9.47 Å². The van der Waals surface area contributed by atoms with Gasteiger partial charge in [-0.3, -0.25) is 0 Å². The maximum Gasteiger partial charge on any atom is 0.410 e. The largest absolute Gasteiger partial charge is 0.508 e. The smallest absolute Gasteiger partial charge is 0.410 e. The summed E-state index contributed by atoms with van der Waals surface area (Å²) in [4.78, 5) is 15.1. The lowest BCUT2D eigenvalue weighted by Crippen LogP contribution is -2.42. The highest BCUT2D eigenvalue weighted by molar-refractivity contribution is 5.79. The first-order chi connectivity index (χ1) is 16.2. The molecule has 5 nitrogen and oxygen atoms in total. The van der Waals surface area contributed by atoms with Crippen LogP contribution in [0.3, 0.4) is 0 Å². The number of amides is 1. The number of hydrogen-bond donors (Lipinski definition) is 1. The van der Waals surface area contributed by atoms with Crippen molar-refractivity contribution in [2.75, 3.05) is 19.8 Å². The first-order valence-corrected chi connectivity index (χ1v) is 11.8. The van der Waals surface area contributed by atoms with Gasteiger partial charge in [-0.1, -0.05) is 60.7 Å². The van der Waals surface area contributed by atoms with E-state index in [0.29, 0.717) is 19.8 Å². The number of phenolic OH excluding ortho intramolecular Hbond substituents is 1. The molecule has 0 unspecified atom stereocenters. The first-order valence-electron chi connectivity index (χ1n) is 11.8. The average Bonchev–Trinajstić information content (AvgIpc) is 3.46. The average molecular weight is 442 g/mol. The minimum absolute atomic E-state index is 0.0399. The molecule has 0 aromatic heterocycles. The number of hydrogen-bond acceptors (Lipinski definition) is 4. The Morgan fingerprint density at radius 3 is 2.48 bits per heavy atom. The fourth-order valence-corrected chi connectivity index (χ4v) is 5.84. The minimum atomic E-state index is -0.321. The zero-order valence-electron chi connectivity index (χ0n) is 18.4. The Bertz CT molecular complexity index is 1160. The van der Waals surface area contributed by atoms with Crippen LogP contribution in [0, 0.1) is 0 Å². The Hall–Kier alpha value is -3.31. The van der Waals surface area contributed by atoms with Gasteiger partial charge in [0, 0.05) is 18.0 Å². The van der Waals surface area contributed by atoms with Crippen LogP contribution in [0.25, 0.3) is 11.1 Å². The van der Waals surface area contributed by atoms with Gasteiger partial charge < -0.3 is 19.5 Å². The van der Waals surface area contributed by atoms with Gasteiger partial charge in [0.2, 0.25) is 0 Å². The van der Waals surface area contributed by atoms with E-state index in [-0.39, 0.29) is 29.9 Å². The molecule has 6 rings (SSSR count). The Kier molecular flexibility index (Phi) is 5.07. The lowest BCUT2D eigenvalue weighted by atomic mass is 9.91. The monoisotopic (exact) mass is 441 g/mol. The zero-order valence-corrected chi connectivity index (χ0v) is 18.4. The molecule has 2 heterocycles. The quantitative estimate of drug-likeness (QED) is 0.590. The molecule has 1 N–H and O–H groups in total.